The third-order valence-corrected chi connectivity index (χ3v) is 5.08. The van der Waals surface area contributed by atoms with Crippen LogP contribution in [0, 0.1) is 11.6 Å². The van der Waals surface area contributed by atoms with Gasteiger partial charge in [-0.2, -0.15) is 0 Å². The molecule has 0 aliphatic carbocycles. The molecule has 0 spiro atoms. The fourth-order valence-electron chi connectivity index (χ4n) is 2.47. The zero-order valence-corrected chi connectivity index (χ0v) is 17.1. The normalized spacial score (nSPS) is 12.5. The Labute approximate surface area is 166 Å². The minimum atomic E-state index is -0.780. The zero-order valence-electron chi connectivity index (χ0n) is 16.3. The minimum Gasteiger partial charge on any atom is -0.344 e. The molecule has 6 nitrogen and oxygen atoms in total. The molecule has 0 aliphatic rings. The standard InChI is InChI=1S/C19H24F2N4O2S/c1-5-6-14(16(27)23-18-25-24-17(28-18)19(2,3)4)22-15(26)9-11-7-12(20)10-13(21)8-11/h7-8,10,14H,5-6,9H2,1-4H3,(H,22,26)(H,23,25,27). The Balaban J connectivity index is 2.02. The second-order valence-corrected chi connectivity index (χ2v) is 8.49. The highest BCUT2D eigenvalue weighted by Crippen LogP contribution is 2.27. The van der Waals surface area contributed by atoms with Crippen LogP contribution in [-0.4, -0.2) is 28.1 Å². The summed E-state index contributed by atoms with van der Waals surface area (Å²) in [5, 5.41) is 14.5. The number of benzene rings is 1. The molecule has 9 heteroatoms. The van der Waals surface area contributed by atoms with Gasteiger partial charge in [-0.25, -0.2) is 8.78 Å². The molecular formula is C19H24F2N4O2S. The van der Waals surface area contributed by atoms with Gasteiger partial charge in [0.05, 0.1) is 6.42 Å². The van der Waals surface area contributed by atoms with Crippen molar-refractivity contribution in [1.29, 1.82) is 0 Å². The Morgan fingerprint density at radius 1 is 1.14 bits per heavy atom. The molecular weight excluding hydrogens is 386 g/mol. The number of hydrogen-bond donors (Lipinski definition) is 2. The van der Waals surface area contributed by atoms with Crippen molar-refractivity contribution in [3.63, 3.8) is 0 Å². The SMILES string of the molecule is CCCC(NC(=O)Cc1cc(F)cc(F)c1)C(=O)Nc1nnc(C(C)(C)C)s1. The topological polar surface area (TPSA) is 84.0 Å². The van der Waals surface area contributed by atoms with Crippen LogP contribution < -0.4 is 10.6 Å². The van der Waals surface area contributed by atoms with E-state index in [1.807, 2.05) is 27.7 Å². The fourth-order valence-corrected chi connectivity index (χ4v) is 3.27. The van der Waals surface area contributed by atoms with Gasteiger partial charge in [0.15, 0.2) is 0 Å². The molecule has 1 aromatic carbocycles. The van der Waals surface area contributed by atoms with Crippen molar-refractivity contribution in [1.82, 2.24) is 15.5 Å². The summed E-state index contributed by atoms with van der Waals surface area (Å²) in [6, 6.07) is 2.14. The van der Waals surface area contributed by atoms with E-state index in [1.165, 1.54) is 11.3 Å². The Hall–Kier alpha value is -2.42. The number of carbonyl (C=O) groups is 2. The van der Waals surface area contributed by atoms with Crippen LogP contribution >= 0.6 is 11.3 Å². The lowest BCUT2D eigenvalue weighted by Gasteiger charge is -2.17. The number of hydrogen-bond acceptors (Lipinski definition) is 5. The third kappa shape index (κ3) is 6.33. The van der Waals surface area contributed by atoms with E-state index >= 15 is 0 Å². The predicted octanol–water partition coefficient (Wildman–Crippen LogP) is 3.58. The van der Waals surface area contributed by atoms with Crippen molar-refractivity contribution in [2.24, 2.45) is 0 Å². The molecule has 152 valence electrons. The molecule has 28 heavy (non-hydrogen) atoms. The maximum atomic E-state index is 13.3. The highest BCUT2D eigenvalue weighted by molar-refractivity contribution is 7.15. The second-order valence-electron chi connectivity index (χ2n) is 7.51. The van der Waals surface area contributed by atoms with Gasteiger partial charge in [0.2, 0.25) is 16.9 Å². The highest BCUT2D eigenvalue weighted by Gasteiger charge is 2.24. The first kappa shape index (κ1) is 21.9. The second kappa shape index (κ2) is 9.18. The van der Waals surface area contributed by atoms with E-state index in [2.05, 4.69) is 20.8 Å². The molecule has 0 fully saturated rings. The summed E-state index contributed by atoms with van der Waals surface area (Å²) in [4.78, 5) is 24.8. The van der Waals surface area contributed by atoms with Crippen LogP contribution in [-0.2, 0) is 21.4 Å². The third-order valence-electron chi connectivity index (χ3n) is 3.81. The Morgan fingerprint density at radius 3 is 2.32 bits per heavy atom. The predicted molar refractivity (Wildman–Crippen MR) is 104 cm³/mol. The van der Waals surface area contributed by atoms with E-state index in [0.717, 1.165) is 23.2 Å². The van der Waals surface area contributed by atoms with Crippen molar-refractivity contribution in [3.8, 4) is 0 Å². The largest absolute Gasteiger partial charge is 0.344 e. The van der Waals surface area contributed by atoms with Crippen LogP contribution in [0.4, 0.5) is 13.9 Å². The molecule has 2 rings (SSSR count). The fraction of sp³-hybridized carbons (Fsp3) is 0.474. The van der Waals surface area contributed by atoms with E-state index in [1.54, 1.807) is 0 Å². The zero-order chi connectivity index (χ0) is 20.9. The van der Waals surface area contributed by atoms with Gasteiger partial charge in [0.25, 0.3) is 0 Å². The van der Waals surface area contributed by atoms with Gasteiger partial charge in [0.1, 0.15) is 22.7 Å². The maximum absolute atomic E-state index is 13.3. The monoisotopic (exact) mass is 410 g/mol. The average Bonchev–Trinajstić information content (AvgIpc) is 3.02. The number of anilines is 1. The molecule has 0 bridgehead atoms. The van der Waals surface area contributed by atoms with E-state index in [0.29, 0.717) is 18.0 Å². The number of rotatable bonds is 7. The van der Waals surface area contributed by atoms with E-state index in [9.17, 15) is 18.4 Å². The van der Waals surface area contributed by atoms with Crippen molar-refractivity contribution in [2.75, 3.05) is 5.32 Å². The van der Waals surface area contributed by atoms with Crippen LogP contribution in [0.15, 0.2) is 18.2 Å². The van der Waals surface area contributed by atoms with Crippen molar-refractivity contribution in [3.05, 3.63) is 40.4 Å². The molecule has 2 N–H and O–H groups in total. The molecule has 0 saturated carbocycles. The average molecular weight is 410 g/mol. The smallest absolute Gasteiger partial charge is 0.248 e. The number of halogens is 2. The minimum absolute atomic E-state index is 0.183. The lowest BCUT2D eigenvalue weighted by Crippen LogP contribution is -2.44. The van der Waals surface area contributed by atoms with E-state index in [4.69, 9.17) is 0 Å². The van der Waals surface area contributed by atoms with Gasteiger partial charge in [-0.15, -0.1) is 10.2 Å². The van der Waals surface area contributed by atoms with E-state index in [-0.39, 0.29) is 17.4 Å². The first-order chi connectivity index (χ1) is 13.1. The molecule has 1 atom stereocenters. The first-order valence-electron chi connectivity index (χ1n) is 8.97. The quantitative estimate of drug-likeness (QED) is 0.731. The van der Waals surface area contributed by atoms with E-state index < -0.39 is 29.5 Å². The summed E-state index contributed by atoms with van der Waals surface area (Å²) >= 11 is 1.28. The molecule has 0 saturated heterocycles. The molecule has 1 unspecified atom stereocenters. The lowest BCUT2D eigenvalue weighted by atomic mass is 9.98. The summed E-state index contributed by atoms with van der Waals surface area (Å²) < 4.78 is 26.5. The molecule has 2 amide bonds. The summed E-state index contributed by atoms with van der Waals surface area (Å²) in [5.74, 6) is -2.41. The van der Waals surface area contributed by atoms with Crippen LogP contribution in [0.2, 0.25) is 0 Å². The maximum Gasteiger partial charge on any atom is 0.248 e. The summed E-state index contributed by atoms with van der Waals surface area (Å²) in [5.41, 5.74) is 0.0161. The molecule has 1 heterocycles. The summed E-state index contributed by atoms with van der Waals surface area (Å²) in [6.45, 7) is 7.87. The van der Waals surface area contributed by atoms with Crippen LogP contribution in [0.25, 0.3) is 0 Å². The van der Waals surface area contributed by atoms with Gasteiger partial charge in [-0.3, -0.25) is 14.9 Å². The first-order valence-corrected chi connectivity index (χ1v) is 9.79. The summed E-state index contributed by atoms with van der Waals surface area (Å²) in [6.07, 6.45) is 0.853. The Kier molecular flexibility index (Phi) is 7.17. The number of aromatic nitrogens is 2. The lowest BCUT2D eigenvalue weighted by molar-refractivity contribution is -0.126. The molecule has 2 aromatic rings. The molecule has 0 aliphatic heterocycles. The van der Waals surface area contributed by atoms with Crippen LogP contribution in [0.1, 0.15) is 51.1 Å². The van der Waals surface area contributed by atoms with Crippen molar-refractivity contribution in [2.45, 2.75) is 58.4 Å². The summed E-state index contributed by atoms with van der Waals surface area (Å²) in [7, 11) is 0. The van der Waals surface area contributed by atoms with Gasteiger partial charge in [-0.1, -0.05) is 45.5 Å². The Bertz CT molecular complexity index is 828. The number of amides is 2. The highest BCUT2D eigenvalue weighted by atomic mass is 32.1. The van der Waals surface area contributed by atoms with Crippen LogP contribution in [0.5, 0.6) is 0 Å². The van der Waals surface area contributed by atoms with Gasteiger partial charge in [0, 0.05) is 11.5 Å². The number of nitrogens with one attached hydrogen (secondary N) is 2. The van der Waals surface area contributed by atoms with Crippen molar-refractivity contribution < 1.29 is 18.4 Å². The number of carbonyl (C=O) groups excluding carboxylic acids is 2. The van der Waals surface area contributed by atoms with Crippen LogP contribution in [0.3, 0.4) is 0 Å². The Morgan fingerprint density at radius 2 is 1.79 bits per heavy atom. The number of nitrogens with zero attached hydrogens (tertiary/aromatic N) is 2. The van der Waals surface area contributed by atoms with Gasteiger partial charge in [-0.05, 0) is 24.1 Å². The van der Waals surface area contributed by atoms with Gasteiger partial charge >= 0.3 is 0 Å². The molecule has 1 aromatic heterocycles. The van der Waals surface area contributed by atoms with Gasteiger partial charge < -0.3 is 5.32 Å². The molecule has 0 radical (unpaired) electrons. The van der Waals surface area contributed by atoms with Crippen molar-refractivity contribution >= 4 is 28.3 Å².